The maximum atomic E-state index is 12.8. The summed E-state index contributed by atoms with van der Waals surface area (Å²) in [6.07, 6.45) is 1.51. The molecule has 0 bridgehead atoms. The number of anilines is 3. The number of fused-ring (bicyclic) bond motifs is 1. The Morgan fingerprint density at radius 3 is 2.28 bits per heavy atom. The molecule has 0 unspecified atom stereocenters. The molecule has 0 spiro atoms. The second-order valence-corrected chi connectivity index (χ2v) is 8.71. The number of benzene rings is 3. The molecule has 2 heterocycles. The Morgan fingerprint density at radius 1 is 0.833 bits per heavy atom. The van der Waals surface area contributed by atoms with Gasteiger partial charge in [-0.15, -0.1) is 0 Å². The first kappa shape index (κ1) is 23.0. The van der Waals surface area contributed by atoms with Gasteiger partial charge >= 0.3 is 0 Å². The Bertz CT molecular complexity index is 1640. The zero-order valence-corrected chi connectivity index (χ0v) is 20.1. The van der Waals surface area contributed by atoms with Crippen LogP contribution in [-0.2, 0) is 0 Å². The number of amides is 1. The van der Waals surface area contributed by atoms with Gasteiger partial charge in [0, 0.05) is 40.3 Å². The van der Waals surface area contributed by atoms with E-state index in [0.29, 0.717) is 33.8 Å². The molecule has 0 saturated heterocycles. The van der Waals surface area contributed by atoms with E-state index < -0.39 is 0 Å². The second kappa shape index (κ2) is 9.46. The first-order valence-corrected chi connectivity index (χ1v) is 11.5. The topological polar surface area (TPSA) is 97.1 Å². The van der Waals surface area contributed by atoms with Crippen LogP contribution in [0.25, 0.3) is 22.3 Å². The highest BCUT2D eigenvalue weighted by molar-refractivity contribution is 6.04. The highest BCUT2D eigenvalue weighted by Gasteiger charge is 2.12. The fraction of sp³-hybridized carbons (Fsp3) is 0.103. The van der Waals surface area contributed by atoms with Crippen molar-refractivity contribution in [3.8, 4) is 11.3 Å². The molecular weight excluding hydrogens is 452 g/mol. The van der Waals surface area contributed by atoms with E-state index in [1.165, 1.54) is 12.4 Å². The van der Waals surface area contributed by atoms with Crippen molar-refractivity contribution in [3.05, 3.63) is 112 Å². The van der Waals surface area contributed by atoms with E-state index in [9.17, 15) is 9.59 Å². The Balaban J connectivity index is 1.30. The summed E-state index contributed by atoms with van der Waals surface area (Å²) in [6.45, 7) is 5.78. The number of carbonyl (C=O) groups is 1. The zero-order valence-electron chi connectivity index (χ0n) is 20.1. The second-order valence-electron chi connectivity index (χ2n) is 8.71. The highest BCUT2D eigenvalue weighted by Crippen LogP contribution is 2.26. The summed E-state index contributed by atoms with van der Waals surface area (Å²) >= 11 is 0. The van der Waals surface area contributed by atoms with Crippen LogP contribution in [0.4, 0.5) is 17.2 Å². The number of hydrogen-bond acceptors (Lipinski definition) is 6. The Kier molecular flexibility index (Phi) is 6.04. The van der Waals surface area contributed by atoms with E-state index >= 15 is 0 Å². The molecule has 36 heavy (non-hydrogen) atoms. The molecule has 1 amide bonds. The lowest BCUT2D eigenvalue weighted by atomic mass is 10.1. The van der Waals surface area contributed by atoms with Crippen LogP contribution in [0.1, 0.15) is 27.2 Å². The number of aromatic nitrogens is 2. The van der Waals surface area contributed by atoms with Gasteiger partial charge in [-0.3, -0.25) is 9.59 Å². The maximum Gasteiger partial charge on any atom is 0.255 e. The number of hydrogen-bond donors (Lipinski definition) is 2. The van der Waals surface area contributed by atoms with Gasteiger partial charge in [-0.25, -0.2) is 9.97 Å². The van der Waals surface area contributed by atoms with Crippen LogP contribution < -0.4 is 16.1 Å². The molecule has 5 aromatic rings. The van der Waals surface area contributed by atoms with Crippen LogP contribution in [0.3, 0.4) is 0 Å². The van der Waals surface area contributed by atoms with Gasteiger partial charge in [0.1, 0.15) is 23.5 Å². The highest BCUT2D eigenvalue weighted by atomic mass is 16.3. The van der Waals surface area contributed by atoms with Crippen molar-refractivity contribution in [2.45, 2.75) is 20.8 Å². The van der Waals surface area contributed by atoms with Crippen LogP contribution in [0.2, 0.25) is 0 Å². The zero-order chi connectivity index (χ0) is 25.2. The minimum Gasteiger partial charge on any atom is -0.456 e. The van der Waals surface area contributed by atoms with E-state index in [4.69, 9.17) is 4.42 Å². The summed E-state index contributed by atoms with van der Waals surface area (Å²) in [6, 6.07) is 21.5. The SMILES string of the molecule is Cc1cc(C)c2oc(-c3ccc(C(=O)Nc4ccc(Nc5cc(C)ncn5)cc4)cc3)cc(=O)c2c1. The number of carbonyl (C=O) groups excluding carboxylic acids is 1. The van der Waals surface area contributed by atoms with E-state index in [1.807, 2.05) is 63.2 Å². The van der Waals surface area contributed by atoms with Gasteiger partial charge in [0.2, 0.25) is 0 Å². The van der Waals surface area contributed by atoms with E-state index in [0.717, 1.165) is 28.1 Å². The maximum absolute atomic E-state index is 12.8. The monoisotopic (exact) mass is 476 g/mol. The van der Waals surface area contributed by atoms with Gasteiger partial charge in [0.15, 0.2) is 5.43 Å². The summed E-state index contributed by atoms with van der Waals surface area (Å²) in [5, 5.41) is 6.67. The fourth-order valence-electron chi connectivity index (χ4n) is 4.05. The minimum atomic E-state index is -0.236. The molecule has 0 radical (unpaired) electrons. The lowest BCUT2D eigenvalue weighted by molar-refractivity contribution is 0.102. The average molecular weight is 477 g/mol. The van der Waals surface area contributed by atoms with Crippen molar-refractivity contribution in [3.63, 3.8) is 0 Å². The molecule has 0 fully saturated rings. The van der Waals surface area contributed by atoms with E-state index in [-0.39, 0.29) is 11.3 Å². The summed E-state index contributed by atoms with van der Waals surface area (Å²) < 4.78 is 6.06. The quantitative estimate of drug-likeness (QED) is 0.315. The van der Waals surface area contributed by atoms with Crippen molar-refractivity contribution in [2.75, 3.05) is 10.6 Å². The molecule has 3 aromatic carbocycles. The lowest BCUT2D eigenvalue weighted by Crippen LogP contribution is -2.11. The van der Waals surface area contributed by atoms with Crippen LogP contribution in [-0.4, -0.2) is 15.9 Å². The molecular formula is C29H24N4O3. The Labute approximate surface area is 207 Å². The normalized spacial score (nSPS) is 10.9. The van der Waals surface area contributed by atoms with Crippen LogP contribution in [0, 0.1) is 20.8 Å². The first-order chi connectivity index (χ1) is 17.4. The van der Waals surface area contributed by atoms with Gasteiger partial charge in [0.25, 0.3) is 5.91 Å². The molecule has 5 rings (SSSR count). The van der Waals surface area contributed by atoms with Crippen molar-refractivity contribution in [2.24, 2.45) is 0 Å². The van der Waals surface area contributed by atoms with E-state index in [1.54, 1.807) is 24.3 Å². The van der Waals surface area contributed by atoms with Crippen molar-refractivity contribution in [1.29, 1.82) is 0 Å². The molecule has 178 valence electrons. The van der Waals surface area contributed by atoms with Gasteiger partial charge in [-0.05, 0) is 74.4 Å². The van der Waals surface area contributed by atoms with Crippen molar-refractivity contribution in [1.82, 2.24) is 9.97 Å². The van der Waals surface area contributed by atoms with Gasteiger partial charge in [0.05, 0.1) is 5.39 Å². The predicted octanol–water partition coefficient (Wildman–Crippen LogP) is 6.17. The standard InChI is InChI=1S/C29H24N4O3/c1-17-12-18(2)28-24(13-17)25(34)15-26(36-28)20-4-6-21(7-5-20)29(35)33-23-10-8-22(9-11-23)32-27-14-19(3)30-16-31-27/h4-16H,1-3H3,(H,33,35)(H,30,31,32). The van der Waals surface area contributed by atoms with Crippen molar-refractivity contribution < 1.29 is 9.21 Å². The average Bonchev–Trinajstić information content (AvgIpc) is 2.86. The fourth-order valence-corrected chi connectivity index (χ4v) is 4.05. The van der Waals surface area contributed by atoms with E-state index in [2.05, 4.69) is 20.6 Å². The third kappa shape index (κ3) is 4.86. The van der Waals surface area contributed by atoms with Crippen LogP contribution in [0.15, 0.2) is 88.3 Å². The molecule has 2 aromatic heterocycles. The third-order valence-electron chi connectivity index (χ3n) is 5.81. The molecule has 7 heteroatoms. The number of aryl methyl sites for hydroxylation is 3. The minimum absolute atomic E-state index is 0.0901. The van der Waals surface area contributed by atoms with Gasteiger partial charge in [-0.2, -0.15) is 0 Å². The molecule has 0 aliphatic heterocycles. The summed E-state index contributed by atoms with van der Waals surface area (Å²) in [5.74, 6) is 0.931. The Hall–Kier alpha value is -4.78. The molecule has 0 aliphatic carbocycles. The van der Waals surface area contributed by atoms with Gasteiger partial charge < -0.3 is 15.1 Å². The Morgan fingerprint density at radius 2 is 1.56 bits per heavy atom. The number of nitrogens with one attached hydrogen (secondary N) is 2. The molecule has 2 N–H and O–H groups in total. The van der Waals surface area contributed by atoms with Crippen LogP contribution >= 0.6 is 0 Å². The summed E-state index contributed by atoms with van der Waals surface area (Å²) in [4.78, 5) is 33.7. The molecule has 0 aliphatic rings. The largest absolute Gasteiger partial charge is 0.456 e. The smallest absolute Gasteiger partial charge is 0.255 e. The third-order valence-corrected chi connectivity index (χ3v) is 5.81. The molecule has 0 saturated carbocycles. The number of nitrogens with zero attached hydrogens (tertiary/aromatic N) is 2. The molecule has 7 nitrogen and oxygen atoms in total. The molecule has 0 atom stereocenters. The predicted molar refractivity (Wildman–Crippen MR) is 142 cm³/mol. The van der Waals surface area contributed by atoms with Gasteiger partial charge in [-0.1, -0.05) is 18.2 Å². The lowest BCUT2D eigenvalue weighted by Gasteiger charge is -2.09. The van der Waals surface area contributed by atoms with Crippen LogP contribution in [0.5, 0.6) is 0 Å². The van der Waals surface area contributed by atoms with Crippen molar-refractivity contribution >= 4 is 34.1 Å². The number of rotatable bonds is 5. The summed E-state index contributed by atoms with van der Waals surface area (Å²) in [7, 11) is 0. The first-order valence-electron chi connectivity index (χ1n) is 11.5. The summed E-state index contributed by atoms with van der Waals surface area (Å²) in [5.41, 5.74) is 6.02.